The number of aryl methyl sites for hydroxylation is 2. The second-order valence-corrected chi connectivity index (χ2v) is 5.70. The molecule has 6 nitrogen and oxygen atoms in total. The molecule has 1 aliphatic rings. The van der Waals surface area contributed by atoms with Crippen molar-refractivity contribution in [3.8, 4) is 0 Å². The number of aromatic nitrogens is 2. The van der Waals surface area contributed by atoms with E-state index in [1.807, 2.05) is 32.0 Å². The SMILES string of the molecule is Cc1cnc(C(=O)N[C@H](C)c2ccc3c(c2)CCC(=O)N3)cn1. The Bertz CT molecular complexity index is 756. The van der Waals surface area contributed by atoms with Crippen LogP contribution in [0.4, 0.5) is 5.69 Å². The molecule has 0 unspecified atom stereocenters. The van der Waals surface area contributed by atoms with E-state index in [0.717, 1.165) is 28.9 Å². The van der Waals surface area contributed by atoms with Crippen LogP contribution in [0.5, 0.6) is 0 Å². The van der Waals surface area contributed by atoms with Gasteiger partial charge in [0.25, 0.3) is 5.91 Å². The number of hydrogen-bond donors (Lipinski definition) is 2. The molecular formula is C17H18N4O2. The van der Waals surface area contributed by atoms with Crippen LogP contribution in [0.2, 0.25) is 0 Å². The number of carbonyl (C=O) groups excluding carboxylic acids is 2. The van der Waals surface area contributed by atoms with E-state index in [9.17, 15) is 9.59 Å². The summed E-state index contributed by atoms with van der Waals surface area (Å²) < 4.78 is 0. The second kappa shape index (κ2) is 6.16. The van der Waals surface area contributed by atoms with Crippen LogP contribution in [-0.4, -0.2) is 21.8 Å². The van der Waals surface area contributed by atoms with Crippen molar-refractivity contribution in [3.63, 3.8) is 0 Å². The van der Waals surface area contributed by atoms with Crippen LogP contribution < -0.4 is 10.6 Å². The topological polar surface area (TPSA) is 84.0 Å². The molecule has 2 N–H and O–H groups in total. The quantitative estimate of drug-likeness (QED) is 0.910. The molecule has 1 aromatic carbocycles. The van der Waals surface area contributed by atoms with E-state index in [0.29, 0.717) is 12.1 Å². The predicted octanol–water partition coefficient (Wildman–Crippen LogP) is 2.16. The molecule has 1 atom stereocenters. The number of nitrogens with one attached hydrogen (secondary N) is 2. The Morgan fingerprint density at radius 3 is 2.83 bits per heavy atom. The maximum atomic E-state index is 12.2. The minimum atomic E-state index is -0.254. The summed E-state index contributed by atoms with van der Waals surface area (Å²) in [4.78, 5) is 31.8. The number of anilines is 1. The fraction of sp³-hybridized carbons (Fsp3) is 0.294. The van der Waals surface area contributed by atoms with Gasteiger partial charge in [0.15, 0.2) is 0 Å². The summed E-state index contributed by atoms with van der Waals surface area (Å²) in [6.45, 7) is 3.74. The first-order valence-electron chi connectivity index (χ1n) is 7.55. The fourth-order valence-electron chi connectivity index (χ4n) is 2.54. The lowest BCUT2D eigenvalue weighted by molar-refractivity contribution is -0.116. The lowest BCUT2D eigenvalue weighted by Crippen LogP contribution is -2.28. The standard InChI is InChI=1S/C17H18N4O2/c1-10-8-19-15(9-18-10)17(23)20-11(2)12-3-5-14-13(7-12)4-6-16(22)21-14/h3,5,7-9,11H,4,6H2,1-2H3,(H,20,23)(H,21,22)/t11-/m1/s1. The van der Waals surface area contributed by atoms with Crippen molar-refractivity contribution in [3.05, 3.63) is 53.1 Å². The van der Waals surface area contributed by atoms with Crippen molar-refractivity contribution in [2.24, 2.45) is 0 Å². The third kappa shape index (κ3) is 3.36. The maximum absolute atomic E-state index is 12.2. The minimum absolute atomic E-state index is 0.0459. The summed E-state index contributed by atoms with van der Waals surface area (Å²) in [5.41, 5.74) is 4.01. The van der Waals surface area contributed by atoms with Crippen molar-refractivity contribution in [2.45, 2.75) is 32.7 Å². The van der Waals surface area contributed by atoms with E-state index in [-0.39, 0.29) is 17.9 Å². The number of amides is 2. The van der Waals surface area contributed by atoms with Crippen LogP contribution >= 0.6 is 0 Å². The Kier molecular flexibility index (Phi) is 4.06. The van der Waals surface area contributed by atoms with E-state index in [4.69, 9.17) is 0 Å². The Morgan fingerprint density at radius 2 is 2.09 bits per heavy atom. The third-order valence-electron chi connectivity index (χ3n) is 3.89. The summed E-state index contributed by atoms with van der Waals surface area (Å²) in [5, 5.41) is 5.77. The van der Waals surface area contributed by atoms with Gasteiger partial charge in [0.05, 0.1) is 17.9 Å². The van der Waals surface area contributed by atoms with Gasteiger partial charge in [-0.05, 0) is 37.5 Å². The van der Waals surface area contributed by atoms with E-state index in [1.54, 1.807) is 6.20 Å². The molecule has 2 aromatic rings. The molecule has 0 bridgehead atoms. The van der Waals surface area contributed by atoms with E-state index >= 15 is 0 Å². The molecule has 0 saturated heterocycles. The zero-order valence-corrected chi connectivity index (χ0v) is 13.1. The summed E-state index contributed by atoms with van der Waals surface area (Å²) in [6, 6.07) is 5.67. The third-order valence-corrected chi connectivity index (χ3v) is 3.89. The molecule has 2 heterocycles. The fourth-order valence-corrected chi connectivity index (χ4v) is 2.54. The molecule has 118 valence electrons. The van der Waals surface area contributed by atoms with Gasteiger partial charge in [0.2, 0.25) is 5.91 Å². The van der Waals surface area contributed by atoms with Crippen LogP contribution in [0.25, 0.3) is 0 Å². The minimum Gasteiger partial charge on any atom is -0.344 e. The van der Waals surface area contributed by atoms with Gasteiger partial charge < -0.3 is 10.6 Å². The summed E-state index contributed by atoms with van der Waals surface area (Å²) in [5.74, 6) is -0.208. The largest absolute Gasteiger partial charge is 0.344 e. The van der Waals surface area contributed by atoms with Crippen molar-refractivity contribution < 1.29 is 9.59 Å². The molecule has 0 fully saturated rings. The molecule has 0 spiro atoms. The van der Waals surface area contributed by atoms with Crippen molar-refractivity contribution in [2.75, 3.05) is 5.32 Å². The average molecular weight is 310 g/mol. The lowest BCUT2D eigenvalue weighted by atomic mass is 9.98. The Hall–Kier alpha value is -2.76. The first-order valence-corrected chi connectivity index (χ1v) is 7.55. The van der Waals surface area contributed by atoms with E-state index in [1.165, 1.54) is 6.20 Å². The molecule has 2 amide bonds. The molecule has 3 rings (SSSR count). The highest BCUT2D eigenvalue weighted by Crippen LogP contribution is 2.26. The van der Waals surface area contributed by atoms with Crippen LogP contribution in [0, 0.1) is 6.92 Å². The smallest absolute Gasteiger partial charge is 0.271 e. The molecule has 0 saturated carbocycles. The molecule has 1 aliphatic heterocycles. The lowest BCUT2D eigenvalue weighted by Gasteiger charge is -2.20. The molecule has 0 radical (unpaired) electrons. The van der Waals surface area contributed by atoms with Crippen LogP contribution in [0.3, 0.4) is 0 Å². The number of rotatable bonds is 3. The normalized spacial score (nSPS) is 14.6. The van der Waals surface area contributed by atoms with Crippen LogP contribution in [-0.2, 0) is 11.2 Å². The van der Waals surface area contributed by atoms with Gasteiger partial charge in [-0.15, -0.1) is 0 Å². The highest BCUT2D eigenvalue weighted by molar-refractivity contribution is 5.94. The number of hydrogen-bond acceptors (Lipinski definition) is 4. The predicted molar refractivity (Wildman–Crippen MR) is 86.0 cm³/mol. The molecule has 1 aromatic heterocycles. The first-order chi connectivity index (χ1) is 11.0. The Labute approximate surface area is 134 Å². The van der Waals surface area contributed by atoms with Crippen LogP contribution in [0.15, 0.2) is 30.6 Å². The molecule has 6 heteroatoms. The van der Waals surface area contributed by atoms with Gasteiger partial charge in [-0.1, -0.05) is 12.1 Å². The number of carbonyl (C=O) groups is 2. The average Bonchev–Trinajstić information content (AvgIpc) is 2.54. The highest BCUT2D eigenvalue weighted by Gasteiger charge is 2.18. The number of fused-ring (bicyclic) bond motifs is 1. The number of nitrogens with zero attached hydrogens (tertiary/aromatic N) is 2. The van der Waals surface area contributed by atoms with Crippen molar-refractivity contribution in [1.82, 2.24) is 15.3 Å². The summed E-state index contributed by atoms with van der Waals surface area (Å²) in [7, 11) is 0. The Morgan fingerprint density at radius 1 is 1.26 bits per heavy atom. The maximum Gasteiger partial charge on any atom is 0.271 e. The zero-order chi connectivity index (χ0) is 16.4. The highest BCUT2D eigenvalue weighted by atomic mass is 16.2. The van der Waals surface area contributed by atoms with Gasteiger partial charge in [-0.25, -0.2) is 4.98 Å². The first kappa shape index (κ1) is 15.1. The molecule has 23 heavy (non-hydrogen) atoms. The van der Waals surface area contributed by atoms with Crippen LogP contribution in [0.1, 0.15) is 46.7 Å². The van der Waals surface area contributed by atoms with E-state index in [2.05, 4.69) is 20.6 Å². The van der Waals surface area contributed by atoms with Gasteiger partial charge >= 0.3 is 0 Å². The van der Waals surface area contributed by atoms with Gasteiger partial charge in [0, 0.05) is 18.3 Å². The monoisotopic (exact) mass is 310 g/mol. The number of benzene rings is 1. The summed E-state index contributed by atoms with van der Waals surface area (Å²) in [6.07, 6.45) is 4.26. The zero-order valence-electron chi connectivity index (χ0n) is 13.1. The van der Waals surface area contributed by atoms with Crippen molar-refractivity contribution >= 4 is 17.5 Å². The van der Waals surface area contributed by atoms with Crippen molar-refractivity contribution in [1.29, 1.82) is 0 Å². The van der Waals surface area contributed by atoms with E-state index < -0.39 is 0 Å². The molecular weight excluding hydrogens is 292 g/mol. The van der Waals surface area contributed by atoms with Gasteiger partial charge in [0.1, 0.15) is 5.69 Å². The van der Waals surface area contributed by atoms with Gasteiger partial charge in [-0.2, -0.15) is 0 Å². The molecule has 0 aliphatic carbocycles. The Balaban J connectivity index is 1.73. The second-order valence-electron chi connectivity index (χ2n) is 5.70. The van der Waals surface area contributed by atoms with Gasteiger partial charge in [-0.3, -0.25) is 14.6 Å². The summed E-state index contributed by atoms with van der Waals surface area (Å²) >= 11 is 0.